The summed E-state index contributed by atoms with van der Waals surface area (Å²) in [7, 11) is 0. The Morgan fingerprint density at radius 2 is 1.42 bits per heavy atom. The molecule has 33 heavy (non-hydrogen) atoms. The minimum absolute atomic E-state index is 0.188. The number of nitrogens with zero attached hydrogens (tertiary/aromatic N) is 1. The van der Waals surface area contributed by atoms with Crippen LogP contribution in [-0.2, 0) is 0 Å². The molecule has 6 heteroatoms. The highest BCUT2D eigenvalue weighted by molar-refractivity contribution is 6.06. The highest BCUT2D eigenvalue weighted by Crippen LogP contribution is 2.32. The fourth-order valence-corrected chi connectivity index (χ4v) is 4.02. The number of anilines is 4. The summed E-state index contributed by atoms with van der Waals surface area (Å²) in [5, 5.41) is 8.86. The predicted octanol–water partition coefficient (Wildman–Crippen LogP) is 6.19. The lowest BCUT2D eigenvalue weighted by Gasteiger charge is -2.31. The molecule has 4 rings (SSSR count). The quantitative estimate of drug-likeness (QED) is 0.441. The first kappa shape index (κ1) is 22.4. The van der Waals surface area contributed by atoms with Crippen LogP contribution in [0.3, 0.4) is 0 Å². The molecule has 1 aliphatic heterocycles. The second-order valence-corrected chi connectivity index (χ2v) is 8.48. The van der Waals surface area contributed by atoms with Crippen molar-refractivity contribution in [1.29, 1.82) is 0 Å². The van der Waals surface area contributed by atoms with Crippen LogP contribution < -0.4 is 20.9 Å². The van der Waals surface area contributed by atoms with Crippen molar-refractivity contribution < 1.29 is 9.59 Å². The molecule has 0 radical (unpaired) electrons. The molecule has 0 aliphatic carbocycles. The van der Waals surface area contributed by atoms with E-state index >= 15 is 0 Å². The third-order valence-electron chi connectivity index (χ3n) is 6.00. The van der Waals surface area contributed by atoms with Gasteiger partial charge in [0.05, 0.1) is 11.4 Å². The van der Waals surface area contributed by atoms with Crippen LogP contribution in [0.4, 0.5) is 27.5 Å². The molecule has 170 valence electrons. The number of piperidine rings is 1. The highest BCUT2D eigenvalue weighted by Gasteiger charge is 2.17. The molecule has 1 heterocycles. The first-order valence-electron chi connectivity index (χ1n) is 11.4. The molecule has 0 saturated carbocycles. The molecule has 3 aromatic rings. The molecule has 6 nitrogen and oxygen atoms in total. The normalized spacial score (nSPS) is 13.3. The molecule has 0 spiro atoms. The number of hydrogen-bond acceptors (Lipinski definition) is 3. The Kier molecular flexibility index (Phi) is 6.93. The Balaban J connectivity index is 1.55. The maximum absolute atomic E-state index is 12.8. The summed E-state index contributed by atoms with van der Waals surface area (Å²) in [4.78, 5) is 27.7. The lowest BCUT2D eigenvalue weighted by atomic mass is 10.1. The monoisotopic (exact) mass is 442 g/mol. The van der Waals surface area contributed by atoms with Crippen molar-refractivity contribution in [3.05, 3.63) is 83.4 Å². The van der Waals surface area contributed by atoms with E-state index in [1.54, 1.807) is 12.1 Å². The Labute approximate surface area is 195 Å². The lowest BCUT2D eigenvalue weighted by molar-refractivity contribution is 0.102. The van der Waals surface area contributed by atoms with Crippen molar-refractivity contribution in [2.24, 2.45) is 0 Å². The van der Waals surface area contributed by atoms with Crippen LogP contribution in [0.15, 0.2) is 66.7 Å². The minimum Gasteiger partial charge on any atom is -0.370 e. The van der Waals surface area contributed by atoms with Crippen molar-refractivity contribution in [2.45, 2.75) is 33.1 Å². The molecular formula is C27H30N4O2. The van der Waals surface area contributed by atoms with Crippen LogP contribution in [0.2, 0.25) is 0 Å². The first-order chi connectivity index (χ1) is 16.0. The molecule has 0 aromatic heterocycles. The summed E-state index contributed by atoms with van der Waals surface area (Å²) in [6.45, 7) is 5.96. The van der Waals surface area contributed by atoms with E-state index in [4.69, 9.17) is 0 Å². The zero-order chi connectivity index (χ0) is 23.2. The zero-order valence-corrected chi connectivity index (χ0v) is 19.2. The predicted molar refractivity (Wildman–Crippen MR) is 135 cm³/mol. The number of aryl methyl sites for hydroxylation is 2. The molecule has 0 atom stereocenters. The molecule has 1 fully saturated rings. The number of carbonyl (C=O) groups is 2. The maximum Gasteiger partial charge on any atom is 0.323 e. The Morgan fingerprint density at radius 1 is 0.727 bits per heavy atom. The minimum atomic E-state index is -0.317. The molecular weight excluding hydrogens is 412 g/mol. The Hall–Kier alpha value is -3.80. The standard InChI is InChI=1S/C27H30N4O2/c1-19-11-12-22(17-20(19)2)29-27(33)30-24-18-23(28-26(32)21-9-5-3-6-10-21)13-14-25(24)31-15-7-4-8-16-31/h3,5-6,9-14,17-18H,4,7-8,15-16H2,1-2H3,(H,28,32)(H2,29,30,33). The molecule has 1 aliphatic rings. The molecule has 3 aromatic carbocycles. The van der Waals surface area contributed by atoms with Crippen molar-refractivity contribution in [1.82, 2.24) is 0 Å². The van der Waals surface area contributed by atoms with Gasteiger partial charge in [0.15, 0.2) is 0 Å². The van der Waals surface area contributed by atoms with E-state index in [1.807, 2.05) is 68.4 Å². The molecule has 1 saturated heterocycles. The van der Waals surface area contributed by atoms with Gasteiger partial charge in [0.2, 0.25) is 0 Å². The fourth-order valence-electron chi connectivity index (χ4n) is 4.02. The number of urea groups is 1. The highest BCUT2D eigenvalue weighted by atomic mass is 16.2. The van der Waals surface area contributed by atoms with Crippen LogP contribution in [0.5, 0.6) is 0 Å². The van der Waals surface area contributed by atoms with Gasteiger partial charge in [-0.3, -0.25) is 4.79 Å². The van der Waals surface area contributed by atoms with Crippen LogP contribution in [0, 0.1) is 13.8 Å². The fraction of sp³-hybridized carbons (Fsp3) is 0.259. The van der Waals surface area contributed by atoms with Gasteiger partial charge in [-0.2, -0.15) is 0 Å². The topological polar surface area (TPSA) is 73.5 Å². The third kappa shape index (κ3) is 5.71. The van der Waals surface area contributed by atoms with E-state index in [0.29, 0.717) is 16.9 Å². The van der Waals surface area contributed by atoms with Crippen LogP contribution >= 0.6 is 0 Å². The summed E-state index contributed by atoms with van der Waals surface area (Å²) in [5.41, 5.74) is 5.88. The average molecular weight is 443 g/mol. The Morgan fingerprint density at radius 3 is 2.15 bits per heavy atom. The summed E-state index contributed by atoms with van der Waals surface area (Å²) >= 11 is 0. The molecule has 3 amide bonds. The first-order valence-corrected chi connectivity index (χ1v) is 11.4. The van der Waals surface area contributed by atoms with E-state index in [0.717, 1.165) is 42.9 Å². The van der Waals surface area contributed by atoms with Gasteiger partial charge in [0.25, 0.3) is 5.91 Å². The summed E-state index contributed by atoms with van der Waals surface area (Å²) < 4.78 is 0. The maximum atomic E-state index is 12.8. The smallest absolute Gasteiger partial charge is 0.323 e. The largest absolute Gasteiger partial charge is 0.370 e. The number of rotatable bonds is 5. The SMILES string of the molecule is Cc1ccc(NC(=O)Nc2cc(NC(=O)c3ccccc3)ccc2N2CCCCC2)cc1C. The van der Waals surface area contributed by atoms with E-state index in [9.17, 15) is 9.59 Å². The van der Waals surface area contributed by atoms with Gasteiger partial charge in [-0.25, -0.2) is 4.79 Å². The number of hydrogen-bond donors (Lipinski definition) is 3. The summed E-state index contributed by atoms with van der Waals surface area (Å²) in [6, 6.07) is 20.3. The van der Waals surface area contributed by atoms with Gasteiger partial charge in [0, 0.05) is 30.0 Å². The van der Waals surface area contributed by atoms with E-state index in [2.05, 4.69) is 20.9 Å². The van der Waals surface area contributed by atoms with Gasteiger partial charge in [-0.15, -0.1) is 0 Å². The van der Waals surface area contributed by atoms with Gasteiger partial charge in [0.1, 0.15) is 0 Å². The molecule has 0 bridgehead atoms. The van der Waals surface area contributed by atoms with Crippen LogP contribution in [-0.4, -0.2) is 25.0 Å². The van der Waals surface area contributed by atoms with Crippen molar-refractivity contribution in [2.75, 3.05) is 33.9 Å². The van der Waals surface area contributed by atoms with Gasteiger partial charge in [-0.1, -0.05) is 24.3 Å². The van der Waals surface area contributed by atoms with Crippen LogP contribution in [0.1, 0.15) is 40.7 Å². The number of amides is 3. The second kappa shape index (κ2) is 10.2. The summed E-state index contributed by atoms with van der Waals surface area (Å²) in [5.74, 6) is -0.188. The molecule has 3 N–H and O–H groups in total. The third-order valence-corrected chi connectivity index (χ3v) is 6.00. The lowest BCUT2D eigenvalue weighted by Crippen LogP contribution is -2.31. The van der Waals surface area contributed by atoms with Crippen molar-refractivity contribution in [3.8, 4) is 0 Å². The van der Waals surface area contributed by atoms with Crippen molar-refractivity contribution in [3.63, 3.8) is 0 Å². The number of carbonyl (C=O) groups excluding carboxylic acids is 2. The van der Waals surface area contributed by atoms with Gasteiger partial charge in [-0.05, 0) is 86.7 Å². The van der Waals surface area contributed by atoms with E-state index in [-0.39, 0.29) is 11.9 Å². The Bertz CT molecular complexity index is 1140. The second-order valence-electron chi connectivity index (χ2n) is 8.48. The number of nitrogens with one attached hydrogen (secondary N) is 3. The van der Waals surface area contributed by atoms with E-state index in [1.165, 1.54) is 12.0 Å². The zero-order valence-electron chi connectivity index (χ0n) is 19.2. The van der Waals surface area contributed by atoms with Crippen molar-refractivity contribution >= 4 is 34.7 Å². The van der Waals surface area contributed by atoms with Gasteiger partial charge >= 0.3 is 6.03 Å². The summed E-state index contributed by atoms with van der Waals surface area (Å²) in [6.07, 6.45) is 3.47. The average Bonchev–Trinajstić information content (AvgIpc) is 2.83. The van der Waals surface area contributed by atoms with E-state index < -0.39 is 0 Å². The van der Waals surface area contributed by atoms with Crippen LogP contribution in [0.25, 0.3) is 0 Å². The van der Waals surface area contributed by atoms with Gasteiger partial charge < -0.3 is 20.9 Å². The molecule has 0 unspecified atom stereocenters. The number of benzene rings is 3.